The fourth-order valence-corrected chi connectivity index (χ4v) is 0.707. The van der Waals surface area contributed by atoms with Crippen LogP contribution in [0.25, 0.3) is 0 Å². The molecule has 0 unspecified atom stereocenters. The highest BCUT2D eigenvalue weighted by molar-refractivity contribution is 5.96. The standard InChI is InChI=1S/C11H18O3/c1-6-7-8(2)9(12)14-10(13)11(3,4)5/h7H,6H2,1-5H3. The summed E-state index contributed by atoms with van der Waals surface area (Å²) in [5.41, 5.74) is -0.160. The number of hydrogen-bond acceptors (Lipinski definition) is 3. The van der Waals surface area contributed by atoms with Crippen LogP contribution in [0.4, 0.5) is 0 Å². The molecule has 14 heavy (non-hydrogen) atoms. The largest absolute Gasteiger partial charge is 0.389 e. The van der Waals surface area contributed by atoms with Crippen molar-refractivity contribution in [1.29, 1.82) is 0 Å². The summed E-state index contributed by atoms with van der Waals surface area (Å²) in [7, 11) is 0. The van der Waals surface area contributed by atoms with Gasteiger partial charge < -0.3 is 4.74 Å². The maximum Gasteiger partial charge on any atom is 0.341 e. The molecule has 0 aliphatic carbocycles. The summed E-state index contributed by atoms with van der Waals surface area (Å²) < 4.78 is 4.68. The summed E-state index contributed by atoms with van der Waals surface area (Å²) in [4.78, 5) is 22.6. The van der Waals surface area contributed by atoms with Crippen LogP contribution in [0, 0.1) is 5.41 Å². The quantitative estimate of drug-likeness (QED) is 0.389. The second-order valence-corrected chi connectivity index (χ2v) is 4.22. The Hall–Kier alpha value is -1.12. The lowest BCUT2D eigenvalue weighted by molar-refractivity contribution is -0.163. The SMILES string of the molecule is CCC=C(C)C(=O)OC(=O)C(C)(C)C. The molecule has 0 aromatic rings. The Morgan fingerprint density at radius 3 is 2.14 bits per heavy atom. The van der Waals surface area contributed by atoms with Crippen molar-refractivity contribution in [1.82, 2.24) is 0 Å². The van der Waals surface area contributed by atoms with E-state index in [1.807, 2.05) is 6.92 Å². The Bertz CT molecular complexity index is 256. The van der Waals surface area contributed by atoms with Crippen molar-refractivity contribution in [3.05, 3.63) is 11.6 Å². The van der Waals surface area contributed by atoms with Gasteiger partial charge in [-0.1, -0.05) is 13.0 Å². The molecule has 3 nitrogen and oxygen atoms in total. The van der Waals surface area contributed by atoms with Gasteiger partial charge in [0.05, 0.1) is 5.41 Å². The smallest absolute Gasteiger partial charge is 0.341 e. The second-order valence-electron chi connectivity index (χ2n) is 4.22. The molecule has 0 aliphatic rings. The van der Waals surface area contributed by atoms with Gasteiger partial charge >= 0.3 is 11.9 Å². The fraction of sp³-hybridized carbons (Fsp3) is 0.636. The van der Waals surface area contributed by atoms with E-state index in [1.54, 1.807) is 33.8 Å². The van der Waals surface area contributed by atoms with E-state index >= 15 is 0 Å². The molecule has 0 amide bonds. The van der Waals surface area contributed by atoms with E-state index in [-0.39, 0.29) is 0 Å². The Morgan fingerprint density at radius 2 is 1.79 bits per heavy atom. The summed E-state index contributed by atoms with van der Waals surface area (Å²) in [6.45, 7) is 8.69. The number of carbonyl (C=O) groups is 2. The molecule has 3 heteroatoms. The van der Waals surface area contributed by atoms with Gasteiger partial charge in [-0.3, -0.25) is 4.79 Å². The van der Waals surface area contributed by atoms with Gasteiger partial charge in [0.1, 0.15) is 0 Å². The number of rotatable bonds is 2. The normalized spacial score (nSPS) is 12.5. The van der Waals surface area contributed by atoms with E-state index in [0.29, 0.717) is 5.57 Å². The topological polar surface area (TPSA) is 43.4 Å². The van der Waals surface area contributed by atoms with Crippen molar-refractivity contribution in [2.24, 2.45) is 5.41 Å². The Kier molecular flexibility index (Phi) is 4.54. The molecular formula is C11H18O3. The predicted octanol–water partition coefficient (Wildman–Crippen LogP) is 2.46. The van der Waals surface area contributed by atoms with Crippen LogP contribution in [-0.2, 0) is 14.3 Å². The predicted molar refractivity (Wildman–Crippen MR) is 54.6 cm³/mol. The highest BCUT2D eigenvalue weighted by Crippen LogP contribution is 2.16. The number of hydrogen-bond donors (Lipinski definition) is 0. The van der Waals surface area contributed by atoms with Crippen LogP contribution in [0.5, 0.6) is 0 Å². The van der Waals surface area contributed by atoms with Gasteiger partial charge in [0, 0.05) is 5.57 Å². The molecule has 80 valence electrons. The summed E-state index contributed by atoms with van der Waals surface area (Å²) in [5.74, 6) is -1.04. The minimum atomic E-state index is -0.637. The molecule has 0 fully saturated rings. The molecule has 0 saturated heterocycles. The molecule has 0 aliphatic heterocycles. The third-order valence-electron chi connectivity index (χ3n) is 1.63. The van der Waals surface area contributed by atoms with E-state index in [9.17, 15) is 9.59 Å². The fourth-order valence-electron chi connectivity index (χ4n) is 0.707. The minimum absolute atomic E-state index is 0.477. The number of allylic oxidation sites excluding steroid dienone is 1. The van der Waals surface area contributed by atoms with Crippen molar-refractivity contribution in [2.45, 2.75) is 41.0 Å². The molecule has 0 heterocycles. The highest BCUT2D eigenvalue weighted by atomic mass is 16.6. The average Bonchev–Trinajstić information content (AvgIpc) is 2.02. The maximum atomic E-state index is 11.3. The lowest BCUT2D eigenvalue weighted by Gasteiger charge is -2.15. The Labute approximate surface area is 85.1 Å². The minimum Gasteiger partial charge on any atom is -0.389 e. The summed E-state index contributed by atoms with van der Waals surface area (Å²) >= 11 is 0. The molecule has 0 aromatic heterocycles. The third-order valence-corrected chi connectivity index (χ3v) is 1.63. The van der Waals surface area contributed by atoms with Gasteiger partial charge in [0.2, 0.25) is 0 Å². The van der Waals surface area contributed by atoms with E-state index < -0.39 is 17.4 Å². The Morgan fingerprint density at radius 1 is 1.29 bits per heavy atom. The second kappa shape index (κ2) is 4.94. The zero-order valence-corrected chi connectivity index (χ0v) is 9.51. The molecule has 0 N–H and O–H groups in total. The van der Waals surface area contributed by atoms with Crippen molar-refractivity contribution in [2.75, 3.05) is 0 Å². The van der Waals surface area contributed by atoms with Gasteiger partial charge in [-0.15, -0.1) is 0 Å². The molecule has 0 aromatic carbocycles. The zero-order valence-electron chi connectivity index (χ0n) is 9.51. The van der Waals surface area contributed by atoms with Gasteiger partial charge in [0.15, 0.2) is 0 Å². The molecule has 0 radical (unpaired) electrons. The molecule has 0 bridgehead atoms. The lowest BCUT2D eigenvalue weighted by Crippen LogP contribution is -2.26. The summed E-state index contributed by atoms with van der Waals surface area (Å²) in [5, 5.41) is 0. The summed E-state index contributed by atoms with van der Waals surface area (Å²) in [6, 6.07) is 0. The number of ether oxygens (including phenoxy) is 1. The first-order valence-corrected chi connectivity index (χ1v) is 4.72. The van der Waals surface area contributed by atoms with Crippen LogP contribution in [0.1, 0.15) is 41.0 Å². The van der Waals surface area contributed by atoms with Crippen LogP contribution < -0.4 is 0 Å². The van der Waals surface area contributed by atoms with Crippen LogP contribution in [-0.4, -0.2) is 11.9 Å². The molecule has 0 saturated carbocycles. The van der Waals surface area contributed by atoms with E-state index in [0.717, 1.165) is 6.42 Å². The van der Waals surface area contributed by atoms with Gasteiger partial charge in [-0.2, -0.15) is 0 Å². The van der Waals surface area contributed by atoms with E-state index in [4.69, 9.17) is 0 Å². The van der Waals surface area contributed by atoms with Gasteiger partial charge in [-0.25, -0.2) is 4.79 Å². The van der Waals surface area contributed by atoms with Crippen LogP contribution in [0.3, 0.4) is 0 Å². The molecule has 0 spiro atoms. The number of carbonyl (C=O) groups excluding carboxylic acids is 2. The van der Waals surface area contributed by atoms with Crippen LogP contribution in [0.2, 0.25) is 0 Å². The molecule has 0 atom stereocenters. The Balaban J connectivity index is 4.35. The van der Waals surface area contributed by atoms with Crippen LogP contribution in [0.15, 0.2) is 11.6 Å². The monoisotopic (exact) mass is 198 g/mol. The first-order chi connectivity index (χ1) is 6.29. The highest BCUT2D eigenvalue weighted by Gasteiger charge is 2.25. The van der Waals surface area contributed by atoms with Crippen molar-refractivity contribution in [3.8, 4) is 0 Å². The lowest BCUT2D eigenvalue weighted by atomic mass is 9.97. The van der Waals surface area contributed by atoms with E-state index in [2.05, 4.69) is 4.74 Å². The first kappa shape index (κ1) is 12.9. The van der Waals surface area contributed by atoms with Gasteiger partial charge in [-0.05, 0) is 34.1 Å². The first-order valence-electron chi connectivity index (χ1n) is 4.72. The van der Waals surface area contributed by atoms with Crippen LogP contribution >= 0.6 is 0 Å². The van der Waals surface area contributed by atoms with Crippen molar-refractivity contribution >= 4 is 11.9 Å². The van der Waals surface area contributed by atoms with E-state index in [1.165, 1.54) is 0 Å². The van der Waals surface area contributed by atoms with Crippen molar-refractivity contribution in [3.63, 3.8) is 0 Å². The zero-order chi connectivity index (χ0) is 11.4. The van der Waals surface area contributed by atoms with Crippen molar-refractivity contribution < 1.29 is 14.3 Å². The summed E-state index contributed by atoms with van der Waals surface area (Å²) in [6.07, 6.45) is 2.49. The molecule has 0 rings (SSSR count). The maximum absolute atomic E-state index is 11.3. The molecular weight excluding hydrogens is 180 g/mol. The third kappa shape index (κ3) is 4.21. The average molecular weight is 198 g/mol. The van der Waals surface area contributed by atoms with Gasteiger partial charge in [0.25, 0.3) is 0 Å². The number of esters is 2.